The Hall–Kier alpha value is -1.73. The second-order valence-electron chi connectivity index (χ2n) is 3.97. The van der Waals surface area contributed by atoms with Gasteiger partial charge in [-0.2, -0.15) is 0 Å². The van der Waals surface area contributed by atoms with Gasteiger partial charge in [0, 0.05) is 6.04 Å². The lowest BCUT2D eigenvalue weighted by molar-refractivity contribution is -0.122. The first-order chi connectivity index (χ1) is 8.61. The summed E-state index contributed by atoms with van der Waals surface area (Å²) in [4.78, 5) is 28.4. The van der Waals surface area contributed by atoms with Crippen molar-refractivity contribution < 1.29 is 9.90 Å². The number of nitrogens with zero attached hydrogens (tertiary/aromatic N) is 2. The third-order valence-electron chi connectivity index (χ3n) is 2.45. The maximum absolute atomic E-state index is 12.0. The number of aliphatic hydroxyl groups is 1. The van der Waals surface area contributed by atoms with Crippen LogP contribution in [0.15, 0.2) is 22.6 Å². The molecule has 2 aromatic rings. The van der Waals surface area contributed by atoms with Gasteiger partial charge in [-0.05, 0) is 18.4 Å². The molecule has 18 heavy (non-hydrogen) atoms. The van der Waals surface area contributed by atoms with Crippen LogP contribution in [0.1, 0.15) is 6.92 Å². The summed E-state index contributed by atoms with van der Waals surface area (Å²) in [5.74, 6) is -0.324. The van der Waals surface area contributed by atoms with Gasteiger partial charge in [-0.3, -0.25) is 14.2 Å². The number of aliphatic hydroxyl groups excluding tert-OH is 1. The van der Waals surface area contributed by atoms with Crippen LogP contribution in [-0.4, -0.2) is 33.2 Å². The van der Waals surface area contributed by atoms with Gasteiger partial charge in [-0.15, -0.1) is 11.3 Å². The number of amides is 1. The minimum Gasteiger partial charge on any atom is -0.394 e. The topological polar surface area (TPSA) is 84.2 Å². The third-order valence-corrected chi connectivity index (χ3v) is 3.27. The van der Waals surface area contributed by atoms with E-state index in [4.69, 9.17) is 5.11 Å². The van der Waals surface area contributed by atoms with Crippen molar-refractivity contribution in [1.82, 2.24) is 14.9 Å². The Balaban J connectivity index is 2.19. The molecule has 2 rings (SSSR count). The van der Waals surface area contributed by atoms with E-state index in [2.05, 4.69) is 10.3 Å². The zero-order valence-corrected chi connectivity index (χ0v) is 10.6. The minimum atomic E-state index is -0.328. The molecule has 7 heteroatoms. The lowest BCUT2D eigenvalue weighted by atomic mass is 10.3. The number of fused-ring (bicyclic) bond motifs is 1. The van der Waals surface area contributed by atoms with E-state index in [0.29, 0.717) is 10.2 Å². The maximum atomic E-state index is 12.0. The van der Waals surface area contributed by atoms with Gasteiger partial charge >= 0.3 is 0 Å². The number of carbonyl (C=O) groups excluding carboxylic acids is 1. The zero-order chi connectivity index (χ0) is 13.1. The lowest BCUT2D eigenvalue weighted by Crippen LogP contribution is -2.39. The van der Waals surface area contributed by atoms with Crippen molar-refractivity contribution in [3.8, 4) is 0 Å². The highest BCUT2D eigenvalue weighted by Crippen LogP contribution is 2.12. The molecule has 0 aliphatic rings. The second-order valence-corrected chi connectivity index (χ2v) is 4.86. The van der Waals surface area contributed by atoms with Crippen molar-refractivity contribution >= 4 is 27.5 Å². The van der Waals surface area contributed by atoms with E-state index in [0.717, 1.165) is 0 Å². The van der Waals surface area contributed by atoms with E-state index >= 15 is 0 Å². The Labute approximate surface area is 107 Å². The number of thiophene rings is 1. The number of rotatable bonds is 4. The number of nitrogens with one attached hydrogen (secondary N) is 1. The highest BCUT2D eigenvalue weighted by Gasteiger charge is 2.10. The smallest absolute Gasteiger partial charge is 0.262 e. The summed E-state index contributed by atoms with van der Waals surface area (Å²) in [5.41, 5.74) is -0.229. The average molecular weight is 267 g/mol. The SMILES string of the molecule is C[C@H](CO)NC(=O)Cn1cnc2sccc2c1=O. The summed E-state index contributed by atoms with van der Waals surface area (Å²) >= 11 is 1.39. The molecule has 0 aliphatic carbocycles. The average Bonchev–Trinajstić information content (AvgIpc) is 2.81. The monoisotopic (exact) mass is 267 g/mol. The second kappa shape index (κ2) is 5.28. The maximum Gasteiger partial charge on any atom is 0.262 e. The molecule has 0 saturated carbocycles. The Morgan fingerprint density at radius 3 is 3.17 bits per heavy atom. The summed E-state index contributed by atoms with van der Waals surface area (Å²) in [6, 6.07) is 1.37. The van der Waals surface area contributed by atoms with Gasteiger partial charge in [-0.1, -0.05) is 0 Å². The molecule has 2 N–H and O–H groups in total. The molecular formula is C11H13N3O3S. The van der Waals surface area contributed by atoms with Gasteiger partial charge in [-0.25, -0.2) is 4.98 Å². The van der Waals surface area contributed by atoms with Crippen LogP contribution in [0.4, 0.5) is 0 Å². The molecule has 0 radical (unpaired) electrons. The molecule has 0 aliphatic heterocycles. The van der Waals surface area contributed by atoms with Crippen molar-refractivity contribution in [3.05, 3.63) is 28.1 Å². The number of aromatic nitrogens is 2. The molecule has 0 fully saturated rings. The molecule has 0 unspecified atom stereocenters. The van der Waals surface area contributed by atoms with Crippen molar-refractivity contribution in [2.24, 2.45) is 0 Å². The van der Waals surface area contributed by atoms with Crippen LogP contribution in [-0.2, 0) is 11.3 Å². The van der Waals surface area contributed by atoms with Crippen molar-refractivity contribution in [3.63, 3.8) is 0 Å². The largest absolute Gasteiger partial charge is 0.394 e. The Morgan fingerprint density at radius 2 is 2.44 bits per heavy atom. The van der Waals surface area contributed by atoms with Gasteiger partial charge in [0.25, 0.3) is 5.56 Å². The van der Waals surface area contributed by atoms with E-state index in [1.54, 1.807) is 18.4 Å². The summed E-state index contributed by atoms with van der Waals surface area (Å²) in [6.07, 6.45) is 1.37. The van der Waals surface area contributed by atoms with Gasteiger partial charge < -0.3 is 10.4 Å². The molecule has 1 atom stereocenters. The molecule has 1 amide bonds. The molecule has 0 spiro atoms. The number of hydrogen-bond donors (Lipinski definition) is 2. The van der Waals surface area contributed by atoms with Crippen LogP contribution < -0.4 is 10.9 Å². The normalized spacial score (nSPS) is 12.6. The van der Waals surface area contributed by atoms with Crippen LogP contribution in [0.25, 0.3) is 10.2 Å². The quantitative estimate of drug-likeness (QED) is 0.814. The predicted octanol–water partition coefficient (Wildman–Crippen LogP) is -0.0450. The molecular weight excluding hydrogens is 254 g/mol. The Bertz CT molecular complexity index is 619. The summed E-state index contributed by atoms with van der Waals surface area (Å²) < 4.78 is 1.26. The van der Waals surface area contributed by atoms with Crippen LogP contribution in [0, 0.1) is 0 Å². The molecule has 0 saturated heterocycles. The third kappa shape index (κ3) is 2.57. The van der Waals surface area contributed by atoms with E-state index in [1.165, 1.54) is 22.2 Å². The Kier molecular flexibility index (Phi) is 3.73. The van der Waals surface area contributed by atoms with Gasteiger partial charge in [0.05, 0.1) is 18.3 Å². The first kappa shape index (κ1) is 12.7. The summed E-state index contributed by atoms with van der Waals surface area (Å²) in [5, 5.41) is 13.7. The summed E-state index contributed by atoms with van der Waals surface area (Å²) in [6.45, 7) is 1.45. The van der Waals surface area contributed by atoms with Crippen molar-refractivity contribution in [2.45, 2.75) is 19.5 Å². The van der Waals surface area contributed by atoms with E-state index in [1.807, 2.05) is 0 Å². The van der Waals surface area contributed by atoms with E-state index in [-0.39, 0.29) is 30.7 Å². The minimum absolute atomic E-state index is 0.0953. The van der Waals surface area contributed by atoms with Crippen LogP contribution in [0.5, 0.6) is 0 Å². The lowest BCUT2D eigenvalue weighted by Gasteiger charge is -2.11. The van der Waals surface area contributed by atoms with Crippen molar-refractivity contribution in [1.29, 1.82) is 0 Å². The van der Waals surface area contributed by atoms with Gasteiger partial charge in [0.15, 0.2) is 0 Å². The van der Waals surface area contributed by atoms with Crippen LogP contribution in [0.2, 0.25) is 0 Å². The van der Waals surface area contributed by atoms with Crippen LogP contribution >= 0.6 is 11.3 Å². The molecule has 96 valence electrons. The van der Waals surface area contributed by atoms with Crippen LogP contribution in [0.3, 0.4) is 0 Å². The fourth-order valence-electron chi connectivity index (χ4n) is 1.53. The summed E-state index contributed by atoms with van der Waals surface area (Å²) in [7, 11) is 0. The molecule has 0 bridgehead atoms. The van der Waals surface area contributed by atoms with E-state index < -0.39 is 0 Å². The highest BCUT2D eigenvalue weighted by atomic mass is 32.1. The predicted molar refractivity (Wildman–Crippen MR) is 68.6 cm³/mol. The molecule has 2 aromatic heterocycles. The van der Waals surface area contributed by atoms with Gasteiger partial charge in [0.2, 0.25) is 5.91 Å². The number of hydrogen-bond acceptors (Lipinski definition) is 5. The van der Waals surface area contributed by atoms with Crippen molar-refractivity contribution in [2.75, 3.05) is 6.61 Å². The first-order valence-corrected chi connectivity index (χ1v) is 6.32. The molecule has 2 heterocycles. The molecule has 0 aromatic carbocycles. The number of carbonyl (C=O) groups is 1. The van der Waals surface area contributed by atoms with E-state index in [9.17, 15) is 9.59 Å². The zero-order valence-electron chi connectivity index (χ0n) is 9.79. The standard InChI is InChI=1S/C11H13N3O3S/c1-7(5-15)13-9(16)4-14-6-12-10-8(11(14)17)2-3-18-10/h2-3,6-7,15H,4-5H2,1H3,(H,13,16)/t7-/m1/s1. The van der Waals surface area contributed by atoms with Gasteiger partial charge in [0.1, 0.15) is 11.4 Å². The first-order valence-electron chi connectivity index (χ1n) is 5.44. The molecule has 6 nitrogen and oxygen atoms in total. The Morgan fingerprint density at radius 1 is 1.67 bits per heavy atom. The fourth-order valence-corrected chi connectivity index (χ4v) is 2.25. The highest BCUT2D eigenvalue weighted by molar-refractivity contribution is 7.16. The fraction of sp³-hybridized carbons (Fsp3) is 0.364.